The number of hydrogen-bond donors (Lipinski definition) is 2. The van der Waals surface area contributed by atoms with Crippen LogP contribution < -0.4 is 20.1 Å². The van der Waals surface area contributed by atoms with Crippen LogP contribution in [0.5, 0.6) is 17.4 Å². The van der Waals surface area contributed by atoms with Crippen molar-refractivity contribution in [2.24, 2.45) is 4.99 Å². The third-order valence-electron chi connectivity index (χ3n) is 4.18. The van der Waals surface area contributed by atoms with Gasteiger partial charge in [0, 0.05) is 51.3 Å². The minimum absolute atomic E-state index is 0. The summed E-state index contributed by atoms with van der Waals surface area (Å²) in [6.07, 6.45) is 6.50. The number of aliphatic imine (C=N–C) groups is 1. The molecule has 0 aliphatic rings. The maximum Gasteiger partial charge on any atom is 0.219 e. The fraction of sp³-hybridized carbons (Fsp3) is 0.286. The summed E-state index contributed by atoms with van der Waals surface area (Å²) in [6.45, 7) is 2.30. The number of nitrogens with one attached hydrogen (secondary N) is 2. The molecule has 0 saturated heterocycles. The number of pyridine rings is 1. The van der Waals surface area contributed by atoms with Crippen LogP contribution in [0.3, 0.4) is 0 Å². The number of aryl methyl sites for hydroxylation is 1. The molecule has 2 N–H and O–H groups in total. The minimum Gasteiger partial charge on any atom is -0.497 e. The molecule has 2 heterocycles. The number of hydrogen-bond acceptors (Lipinski definition) is 5. The van der Waals surface area contributed by atoms with E-state index in [-0.39, 0.29) is 24.0 Å². The van der Waals surface area contributed by atoms with Crippen LogP contribution in [0.25, 0.3) is 0 Å². The lowest BCUT2D eigenvalue weighted by atomic mass is 10.3. The van der Waals surface area contributed by atoms with Gasteiger partial charge in [0.05, 0.1) is 7.11 Å². The first-order valence-electron chi connectivity index (χ1n) is 9.45. The molecule has 9 heteroatoms. The topological polar surface area (TPSA) is 85.6 Å². The zero-order chi connectivity index (χ0) is 20.3. The maximum absolute atomic E-state index is 5.75. The Labute approximate surface area is 193 Å². The Morgan fingerprint density at radius 3 is 2.53 bits per heavy atom. The fourth-order valence-electron chi connectivity index (χ4n) is 2.63. The van der Waals surface area contributed by atoms with E-state index >= 15 is 0 Å². The smallest absolute Gasteiger partial charge is 0.219 e. The molecule has 0 spiro atoms. The number of methoxy groups -OCH3 is 1. The maximum atomic E-state index is 5.75. The van der Waals surface area contributed by atoms with Crippen molar-refractivity contribution in [3.05, 3.63) is 66.6 Å². The molecule has 160 valence electrons. The molecule has 2 aromatic heterocycles. The minimum atomic E-state index is 0. The molecule has 30 heavy (non-hydrogen) atoms. The van der Waals surface area contributed by atoms with Crippen molar-refractivity contribution in [1.82, 2.24) is 25.4 Å². The average molecular weight is 522 g/mol. The fourth-order valence-corrected chi connectivity index (χ4v) is 2.63. The molecule has 0 bridgehead atoms. The molecule has 0 aliphatic heterocycles. The number of halogens is 1. The second-order valence-electron chi connectivity index (χ2n) is 6.26. The second kappa shape index (κ2) is 12.7. The van der Waals surface area contributed by atoms with Gasteiger partial charge in [0.15, 0.2) is 5.96 Å². The number of benzene rings is 1. The Balaban J connectivity index is 0.00000320. The van der Waals surface area contributed by atoms with Gasteiger partial charge in [-0.05, 0) is 42.3 Å². The summed E-state index contributed by atoms with van der Waals surface area (Å²) >= 11 is 0. The van der Waals surface area contributed by atoms with Crippen molar-refractivity contribution in [1.29, 1.82) is 0 Å². The van der Waals surface area contributed by atoms with Crippen LogP contribution in [-0.4, -0.2) is 41.4 Å². The van der Waals surface area contributed by atoms with Crippen LogP contribution in [-0.2, 0) is 13.1 Å². The lowest BCUT2D eigenvalue weighted by Crippen LogP contribution is -2.37. The van der Waals surface area contributed by atoms with Gasteiger partial charge in [-0.25, -0.2) is 4.98 Å². The summed E-state index contributed by atoms with van der Waals surface area (Å²) in [6, 6.07) is 13.1. The van der Waals surface area contributed by atoms with Crippen molar-refractivity contribution in [2.45, 2.75) is 19.5 Å². The van der Waals surface area contributed by atoms with E-state index in [0.29, 0.717) is 18.2 Å². The SMILES string of the molecule is CN=C(NCCCn1cccn1)NCc1ccc(Oc2ccc(OC)cc2)nc1.I. The highest BCUT2D eigenvalue weighted by Crippen LogP contribution is 2.22. The standard InChI is InChI=1S/C21H26N6O2.HI/c1-22-21(23-11-3-13-27-14-4-12-26-27)25-16-17-5-10-20(24-15-17)29-19-8-6-18(28-2)7-9-19;/h4-10,12,14-15H,3,11,13,16H2,1-2H3,(H2,22,23,25);1H. The summed E-state index contributed by atoms with van der Waals surface area (Å²) < 4.78 is 12.8. The third kappa shape index (κ3) is 7.54. The summed E-state index contributed by atoms with van der Waals surface area (Å²) in [4.78, 5) is 8.60. The van der Waals surface area contributed by atoms with Gasteiger partial charge in [-0.15, -0.1) is 24.0 Å². The van der Waals surface area contributed by atoms with Crippen molar-refractivity contribution in [2.75, 3.05) is 20.7 Å². The van der Waals surface area contributed by atoms with E-state index in [1.165, 1.54) is 0 Å². The number of ether oxygens (including phenoxy) is 2. The number of rotatable bonds is 9. The monoisotopic (exact) mass is 522 g/mol. The van der Waals surface area contributed by atoms with E-state index in [2.05, 4.69) is 25.7 Å². The molecular weight excluding hydrogens is 495 g/mol. The number of guanidine groups is 1. The normalized spacial score (nSPS) is 10.8. The van der Waals surface area contributed by atoms with E-state index < -0.39 is 0 Å². The molecule has 3 aromatic rings. The summed E-state index contributed by atoms with van der Waals surface area (Å²) in [7, 11) is 3.39. The molecule has 0 atom stereocenters. The highest BCUT2D eigenvalue weighted by molar-refractivity contribution is 14.0. The van der Waals surface area contributed by atoms with E-state index in [9.17, 15) is 0 Å². The Hall–Kier alpha value is -2.82. The van der Waals surface area contributed by atoms with Gasteiger partial charge in [0.2, 0.25) is 5.88 Å². The molecule has 1 aromatic carbocycles. The second-order valence-corrected chi connectivity index (χ2v) is 6.26. The first-order valence-corrected chi connectivity index (χ1v) is 9.45. The van der Waals surface area contributed by atoms with Gasteiger partial charge >= 0.3 is 0 Å². The van der Waals surface area contributed by atoms with Crippen LogP contribution in [0.1, 0.15) is 12.0 Å². The molecule has 0 fully saturated rings. The molecule has 0 aliphatic carbocycles. The van der Waals surface area contributed by atoms with Crippen molar-refractivity contribution >= 4 is 29.9 Å². The lowest BCUT2D eigenvalue weighted by molar-refractivity contribution is 0.412. The summed E-state index contributed by atoms with van der Waals surface area (Å²) in [5.74, 6) is 2.79. The average Bonchev–Trinajstić information content (AvgIpc) is 3.28. The highest BCUT2D eigenvalue weighted by atomic mass is 127. The Morgan fingerprint density at radius 1 is 1.10 bits per heavy atom. The number of aromatic nitrogens is 3. The zero-order valence-corrected chi connectivity index (χ0v) is 19.4. The van der Waals surface area contributed by atoms with Crippen molar-refractivity contribution in [3.8, 4) is 17.4 Å². The first kappa shape index (κ1) is 23.5. The molecular formula is C21H27IN6O2. The highest BCUT2D eigenvalue weighted by Gasteiger charge is 2.02. The molecule has 0 unspecified atom stereocenters. The lowest BCUT2D eigenvalue weighted by Gasteiger charge is -2.12. The molecule has 0 radical (unpaired) electrons. The first-order chi connectivity index (χ1) is 14.3. The van der Waals surface area contributed by atoms with Crippen LogP contribution in [0.4, 0.5) is 0 Å². The predicted molar refractivity (Wildman–Crippen MR) is 128 cm³/mol. The molecule has 8 nitrogen and oxygen atoms in total. The Kier molecular flexibility index (Phi) is 9.92. The predicted octanol–water partition coefficient (Wildman–Crippen LogP) is 3.45. The van der Waals surface area contributed by atoms with Gasteiger partial charge in [-0.3, -0.25) is 9.67 Å². The van der Waals surface area contributed by atoms with Gasteiger partial charge in [-0.2, -0.15) is 5.10 Å². The molecule has 3 rings (SSSR count). The molecule has 0 amide bonds. The summed E-state index contributed by atoms with van der Waals surface area (Å²) in [5, 5.41) is 10.8. The van der Waals surface area contributed by atoms with Crippen molar-refractivity contribution < 1.29 is 9.47 Å². The van der Waals surface area contributed by atoms with E-state index in [1.54, 1.807) is 26.6 Å². The van der Waals surface area contributed by atoms with Crippen LogP contribution in [0.2, 0.25) is 0 Å². The van der Waals surface area contributed by atoms with Gasteiger partial charge in [0.1, 0.15) is 11.5 Å². The Bertz CT molecular complexity index is 883. The van der Waals surface area contributed by atoms with Crippen molar-refractivity contribution in [3.63, 3.8) is 0 Å². The number of nitrogens with zero attached hydrogens (tertiary/aromatic N) is 4. The zero-order valence-electron chi connectivity index (χ0n) is 17.1. The largest absolute Gasteiger partial charge is 0.497 e. The third-order valence-corrected chi connectivity index (χ3v) is 4.18. The van der Waals surface area contributed by atoms with Gasteiger partial charge < -0.3 is 20.1 Å². The van der Waals surface area contributed by atoms with Gasteiger partial charge in [0.25, 0.3) is 0 Å². The summed E-state index contributed by atoms with van der Waals surface area (Å²) in [5.41, 5.74) is 1.03. The van der Waals surface area contributed by atoms with E-state index in [4.69, 9.17) is 9.47 Å². The van der Waals surface area contributed by atoms with E-state index in [1.807, 2.05) is 53.3 Å². The Morgan fingerprint density at radius 2 is 1.90 bits per heavy atom. The molecule has 0 saturated carbocycles. The van der Waals surface area contributed by atoms with Crippen LogP contribution in [0, 0.1) is 0 Å². The van der Waals surface area contributed by atoms with Crippen LogP contribution >= 0.6 is 24.0 Å². The van der Waals surface area contributed by atoms with Crippen LogP contribution in [0.15, 0.2) is 66.0 Å². The van der Waals surface area contributed by atoms with E-state index in [0.717, 1.165) is 36.8 Å². The quantitative estimate of drug-likeness (QED) is 0.194. The van der Waals surface area contributed by atoms with Gasteiger partial charge in [-0.1, -0.05) is 6.07 Å².